The number of esters is 2. The minimum atomic E-state index is 0.0222. The molecule has 0 N–H and O–H groups in total. The Kier molecular flexibility index (Phi) is 41.2. The third-order valence-corrected chi connectivity index (χ3v) is 11.3. The molecule has 0 unspecified atom stereocenters. The largest absolute Gasteiger partial charge is 0.462 e. The number of hydrogen-bond donors (Lipinski definition) is 0. The van der Waals surface area contributed by atoms with Gasteiger partial charge in [0.15, 0.2) is 0 Å². The fourth-order valence-corrected chi connectivity index (χ4v) is 7.61. The average molecular weight is 750 g/mol. The Hall–Kier alpha value is -1.10. The molecular formula is C48H95NO4. The number of nitrogens with zero attached hydrogens (tertiary/aromatic N) is 1. The molecule has 5 heteroatoms. The Morgan fingerprint density at radius 2 is 0.623 bits per heavy atom. The van der Waals surface area contributed by atoms with Crippen LogP contribution in [0.2, 0.25) is 0 Å². The molecule has 0 saturated heterocycles. The molecule has 0 radical (unpaired) electrons. The van der Waals surface area contributed by atoms with Crippen LogP contribution < -0.4 is 0 Å². The summed E-state index contributed by atoms with van der Waals surface area (Å²) in [6.45, 7) is 14.5. The van der Waals surface area contributed by atoms with Crippen molar-refractivity contribution in [3.05, 3.63) is 0 Å². The summed E-state index contributed by atoms with van der Waals surface area (Å²) >= 11 is 0. The number of unbranched alkanes of at least 4 members (excludes halogenated alkanes) is 24. The Labute approximate surface area is 332 Å². The van der Waals surface area contributed by atoms with Crippen LogP contribution in [0.1, 0.15) is 266 Å². The molecule has 0 aliphatic carbocycles. The lowest BCUT2D eigenvalue weighted by atomic mass is 10.0. The van der Waals surface area contributed by atoms with E-state index in [1.54, 1.807) is 0 Å². The quantitative estimate of drug-likeness (QED) is 0.0459. The Balaban J connectivity index is 4.29. The lowest BCUT2D eigenvalue weighted by molar-refractivity contribution is -0.151. The van der Waals surface area contributed by atoms with Gasteiger partial charge in [-0.25, -0.2) is 0 Å². The minimum absolute atomic E-state index is 0.0222. The molecule has 0 aromatic rings. The molecular weight excluding hydrogens is 655 g/mol. The normalized spacial score (nSPS) is 11.7. The van der Waals surface area contributed by atoms with E-state index in [-0.39, 0.29) is 24.1 Å². The van der Waals surface area contributed by atoms with Crippen LogP contribution in [0, 0.1) is 0 Å². The molecule has 5 nitrogen and oxygen atoms in total. The van der Waals surface area contributed by atoms with E-state index in [0.717, 1.165) is 83.8 Å². The fraction of sp³-hybridized carbons (Fsp3) is 0.958. The molecule has 0 saturated carbocycles. The summed E-state index contributed by atoms with van der Waals surface area (Å²) in [4.78, 5) is 28.1. The van der Waals surface area contributed by atoms with Crippen LogP contribution in [0.3, 0.4) is 0 Å². The fourth-order valence-electron chi connectivity index (χ4n) is 7.61. The van der Waals surface area contributed by atoms with Crippen molar-refractivity contribution >= 4 is 11.9 Å². The molecule has 0 atom stereocenters. The molecule has 0 spiro atoms. The maximum Gasteiger partial charge on any atom is 0.306 e. The van der Waals surface area contributed by atoms with Crippen molar-refractivity contribution < 1.29 is 19.1 Å². The van der Waals surface area contributed by atoms with Gasteiger partial charge in [-0.05, 0) is 96.7 Å². The standard InChI is InChI=1S/C48H95NO4/c1-6-11-15-19-23-29-37-45(38-30-24-20-16-12-7-2)52-47(50)41-33-27-35-43-49(10-5)44-36-28-34-42-48(51)53-46(39-31-25-21-17-13-8-3)40-32-26-22-18-14-9-4/h45-46H,6-44H2,1-5H3. The van der Waals surface area contributed by atoms with Crippen molar-refractivity contribution in [2.45, 2.75) is 278 Å². The predicted octanol–water partition coefficient (Wildman–Crippen LogP) is 15.3. The Morgan fingerprint density at radius 1 is 0.358 bits per heavy atom. The van der Waals surface area contributed by atoms with Crippen LogP contribution >= 0.6 is 0 Å². The summed E-state index contributed by atoms with van der Waals surface area (Å²) < 4.78 is 12.1. The Morgan fingerprint density at radius 3 is 0.906 bits per heavy atom. The highest BCUT2D eigenvalue weighted by Gasteiger charge is 2.16. The van der Waals surface area contributed by atoms with Crippen LogP contribution in [-0.4, -0.2) is 48.7 Å². The third kappa shape index (κ3) is 37.6. The molecule has 0 heterocycles. The van der Waals surface area contributed by atoms with Gasteiger partial charge in [0.25, 0.3) is 0 Å². The zero-order valence-electron chi connectivity index (χ0n) is 36.8. The molecule has 0 bridgehead atoms. The van der Waals surface area contributed by atoms with Crippen LogP contribution in [0.25, 0.3) is 0 Å². The van der Waals surface area contributed by atoms with Gasteiger partial charge in [-0.3, -0.25) is 9.59 Å². The zero-order chi connectivity index (χ0) is 38.9. The summed E-state index contributed by atoms with van der Waals surface area (Å²) in [6, 6.07) is 0. The molecule has 0 fully saturated rings. The van der Waals surface area contributed by atoms with Crippen molar-refractivity contribution in [2.75, 3.05) is 19.6 Å². The van der Waals surface area contributed by atoms with E-state index < -0.39 is 0 Å². The summed E-state index contributed by atoms with van der Waals surface area (Å²) in [7, 11) is 0. The smallest absolute Gasteiger partial charge is 0.306 e. The van der Waals surface area contributed by atoms with Crippen molar-refractivity contribution in [3.8, 4) is 0 Å². The summed E-state index contributed by atoms with van der Waals surface area (Å²) in [5.74, 6) is 0.0444. The van der Waals surface area contributed by atoms with E-state index >= 15 is 0 Å². The molecule has 0 aromatic heterocycles. The molecule has 316 valence electrons. The van der Waals surface area contributed by atoms with Crippen molar-refractivity contribution in [1.82, 2.24) is 4.90 Å². The van der Waals surface area contributed by atoms with Gasteiger partial charge in [0.2, 0.25) is 0 Å². The second kappa shape index (κ2) is 42.1. The highest BCUT2D eigenvalue weighted by Crippen LogP contribution is 2.20. The minimum Gasteiger partial charge on any atom is -0.462 e. The first-order valence-corrected chi connectivity index (χ1v) is 24.1. The van der Waals surface area contributed by atoms with Crippen molar-refractivity contribution in [1.29, 1.82) is 0 Å². The molecule has 0 aliphatic heterocycles. The maximum absolute atomic E-state index is 12.8. The van der Waals surface area contributed by atoms with Gasteiger partial charge in [-0.15, -0.1) is 0 Å². The van der Waals surface area contributed by atoms with Gasteiger partial charge in [0.05, 0.1) is 0 Å². The topological polar surface area (TPSA) is 55.8 Å². The van der Waals surface area contributed by atoms with E-state index in [0.29, 0.717) is 12.8 Å². The van der Waals surface area contributed by atoms with Crippen LogP contribution in [0.5, 0.6) is 0 Å². The maximum atomic E-state index is 12.8. The van der Waals surface area contributed by atoms with Crippen LogP contribution in [0.4, 0.5) is 0 Å². The predicted molar refractivity (Wildman–Crippen MR) is 231 cm³/mol. The van der Waals surface area contributed by atoms with Crippen LogP contribution in [0.15, 0.2) is 0 Å². The first-order chi connectivity index (χ1) is 26.0. The van der Waals surface area contributed by atoms with E-state index in [1.165, 1.54) is 154 Å². The third-order valence-electron chi connectivity index (χ3n) is 11.3. The van der Waals surface area contributed by atoms with E-state index in [1.807, 2.05) is 0 Å². The molecule has 0 aromatic carbocycles. The summed E-state index contributed by atoms with van der Waals surface area (Å²) in [5.41, 5.74) is 0. The number of carbonyl (C=O) groups is 2. The van der Waals surface area contributed by atoms with Gasteiger partial charge in [0.1, 0.15) is 12.2 Å². The molecule has 53 heavy (non-hydrogen) atoms. The number of carbonyl (C=O) groups excluding carboxylic acids is 2. The number of ether oxygens (including phenoxy) is 2. The molecule has 0 amide bonds. The second-order valence-corrected chi connectivity index (χ2v) is 16.5. The van der Waals surface area contributed by atoms with Gasteiger partial charge in [-0.1, -0.05) is 176 Å². The molecule has 0 rings (SSSR count). The van der Waals surface area contributed by atoms with Gasteiger partial charge < -0.3 is 14.4 Å². The van der Waals surface area contributed by atoms with Gasteiger partial charge in [-0.2, -0.15) is 0 Å². The number of hydrogen-bond acceptors (Lipinski definition) is 5. The second-order valence-electron chi connectivity index (χ2n) is 16.5. The summed E-state index contributed by atoms with van der Waals surface area (Å²) in [6.07, 6.45) is 42.7. The lowest BCUT2D eigenvalue weighted by Gasteiger charge is -2.20. The van der Waals surface area contributed by atoms with E-state index in [4.69, 9.17) is 9.47 Å². The first kappa shape index (κ1) is 51.9. The van der Waals surface area contributed by atoms with E-state index in [2.05, 4.69) is 39.5 Å². The van der Waals surface area contributed by atoms with Gasteiger partial charge in [0, 0.05) is 12.8 Å². The van der Waals surface area contributed by atoms with Gasteiger partial charge >= 0.3 is 11.9 Å². The molecule has 0 aliphatic rings. The highest BCUT2D eigenvalue weighted by atomic mass is 16.5. The van der Waals surface area contributed by atoms with Crippen LogP contribution in [-0.2, 0) is 19.1 Å². The van der Waals surface area contributed by atoms with Crippen molar-refractivity contribution in [2.24, 2.45) is 0 Å². The number of rotatable bonds is 43. The van der Waals surface area contributed by atoms with E-state index in [9.17, 15) is 9.59 Å². The monoisotopic (exact) mass is 750 g/mol. The SMILES string of the molecule is CCCCCCCCC(CCCCCCCC)OC(=O)CCCCCN(CC)CCCCCC(=O)OC(CCCCCCCC)CCCCCCCC. The Bertz CT molecular complexity index is 666. The van der Waals surface area contributed by atoms with Crippen molar-refractivity contribution in [3.63, 3.8) is 0 Å². The first-order valence-electron chi connectivity index (χ1n) is 24.1. The summed E-state index contributed by atoms with van der Waals surface area (Å²) in [5, 5.41) is 0. The average Bonchev–Trinajstić information content (AvgIpc) is 3.15. The zero-order valence-corrected chi connectivity index (χ0v) is 36.8. The highest BCUT2D eigenvalue weighted by molar-refractivity contribution is 5.69. The lowest BCUT2D eigenvalue weighted by Crippen LogP contribution is -2.25.